The van der Waals surface area contributed by atoms with Gasteiger partial charge in [0.05, 0.1) is 13.1 Å². The summed E-state index contributed by atoms with van der Waals surface area (Å²) in [5.41, 5.74) is 9.83. The van der Waals surface area contributed by atoms with E-state index in [2.05, 4.69) is 40.7 Å². The lowest BCUT2D eigenvalue weighted by Crippen LogP contribution is -2.27. The van der Waals surface area contributed by atoms with E-state index < -0.39 is 11.8 Å². The van der Waals surface area contributed by atoms with Crippen molar-refractivity contribution >= 4 is 33.0 Å². The van der Waals surface area contributed by atoms with Gasteiger partial charge in [-0.3, -0.25) is 9.36 Å². The number of hydrogen-bond donors (Lipinski definition) is 2. The van der Waals surface area contributed by atoms with E-state index in [1.165, 1.54) is 10.9 Å². The largest absolute Gasteiger partial charge is 0.346 e. The van der Waals surface area contributed by atoms with E-state index in [1.54, 1.807) is 11.3 Å². The maximum absolute atomic E-state index is 12.9. The van der Waals surface area contributed by atoms with Crippen molar-refractivity contribution in [3.8, 4) is 11.1 Å². The first-order valence-electron chi connectivity index (χ1n) is 11.1. The number of thiophene rings is 1. The molecule has 1 aliphatic heterocycles. The molecule has 0 unspecified atom stereocenters. The van der Waals surface area contributed by atoms with Crippen molar-refractivity contribution in [3.63, 3.8) is 0 Å². The third-order valence-electron chi connectivity index (χ3n) is 6.18. The molecule has 7 nitrogen and oxygen atoms in total. The van der Waals surface area contributed by atoms with Crippen LogP contribution in [0.15, 0.2) is 59.2 Å². The second kappa shape index (κ2) is 9.20. The highest BCUT2D eigenvalue weighted by Gasteiger charge is 2.18. The monoisotopic (exact) mass is 495 g/mol. The fourth-order valence-electron chi connectivity index (χ4n) is 4.34. The highest BCUT2D eigenvalue weighted by molar-refractivity contribution is 7.19. The Bertz CT molecular complexity index is 1550. The first kappa shape index (κ1) is 23.1. The first-order chi connectivity index (χ1) is 16.8. The van der Waals surface area contributed by atoms with Gasteiger partial charge in [-0.25, -0.2) is 9.48 Å². The minimum absolute atomic E-state index is 0.0522. The first-order valence-corrected chi connectivity index (χ1v) is 12.0. The van der Waals surface area contributed by atoms with Gasteiger partial charge in [-0.15, -0.1) is 11.3 Å². The molecule has 3 N–H and O–H groups in total. The molecule has 2 aromatic heterocycles. The van der Waals surface area contributed by atoms with Crippen molar-refractivity contribution in [2.75, 3.05) is 11.9 Å². The summed E-state index contributed by atoms with van der Waals surface area (Å²) in [4.78, 5) is 25.3. The highest BCUT2D eigenvalue weighted by Crippen LogP contribution is 2.35. The smallest absolute Gasteiger partial charge is 0.327 e. The lowest BCUT2D eigenvalue weighted by atomic mass is 9.93. The fraction of sp³-hybridized carbons (Fsp3) is 0.240. The highest BCUT2D eigenvalue weighted by atomic mass is 32.1. The fourth-order valence-corrected chi connectivity index (χ4v) is 5.44. The maximum Gasteiger partial charge on any atom is 0.346 e. The van der Waals surface area contributed by atoms with Gasteiger partial charge in [-0.1, -0.05) is 12.1 Å². The Hall–Kier alpha value is -3.63. The van der Waals surface area contributed by atoms with Gasteiger partial charge in [0.1, 0.15) is 6.33 Å². The van der Waals surface area contributed by atoms with Crippen LogP contribution in [-0.2, 0) is 24.3 Å². The normalized spacial score (nSPS) is 13.1. The summed E-state index contributed by atoms with van der Waals surface area (Å²) in [5, 5.41) is 7.99. The van der Waals surface area contributed by atoms with Gasteiger partial charge in [-0.05, 0) is 65.3 Å². The standard InChI is InChI=1S/C25H23F2N5O2S/c1-14-6-18(7-17-4-5-22(33)30-23(14)17)15-2-3-16-8-20(35-21(16)9-15)12-31-13-29-32(25(31)34)11-19(10-28)24(26)27/h2-3,6-9,13H,4-5,10-12,28H2,1H3,(H,30,33). The predicted molar refractivity (Wildman–Crippen MR) is 133 cm³/mol. The molecule has 0 aliphatic carbocycles. The number of halogens is 2. The Morgan fingerprint density at radius 2 is 1.97 bits per heavy atom. The number of fused-ring (bicyclic) bond motifs is 2. The molecule has 0 bridgehead atoms. The Labute approximate surface area is 203 Å². The molecule has 1 amide bonds. The lowest BCUT2D eigenvalue weighted by molar-refractivity contribution is -0.116. The van der Waals surface area contributed by atoms with E-state index in [9.17, 15) is 18.4 Å². The van der Waals surface area contributed by atoms with Crippen molar-refractivity contribution in [1.29, 1.82) is 0 Å². The van der Waals surface area contributed by atoms with Crippen LogP contribution in [-0.4, -0.2) is 26.8 Å². The number of aromatic nitrogens is 3. The molecule has 1 aliphatic rings. The Morgan fingerprint density at radius 1 is 1.14 bits per heavy atom. The molecule has 0 radical (unpaired) electrons. The zero-order valence-corrected chi connectivity index (χ0v) is 19.8. The molecule has 2 aromatic carbocycles. The molecule has 3 heterocycles. The Morgan fingerprint density at radius 3 is 2.74 bits per heavy atom. The van der Waals surface area contributed by atoms with Gasteiger partial charge in [-0.2, -0.15) is 13.9 Å². The summed E-state index contributed by atoms with van der Waals surface area (Å²) in [6.45, 7) is 1.63. The van der Waals surface area contributed by atoms with Crippen molar-refractivity contribution in [2.45, 2.75) is 32.9 Å². The topological polar surface area (TPSA) is 94.9 Å². The quantitative estimate of drug-likeness (QED) is 0.418. The van der Waals surface area contributed by atoms with Gasteiger partial charge in [0.2, 0.25) is 5.91 Å². The number of anilines is 1. The number of aryl methyl sites for hydroxylation is 2. The van der Waals surface area contributed by atoms with E-state index in [0.717, 1.165) is 54.0 Å². The predicted octanol–water partition coefficient (Wildman–Crippen LogP) is 4.28. The molecule has 5 rings (SSSR count). The van der Waals surface area contributed by atoms with Crippen LogP contribution >= 0.6 is 11.3 Å². The second-order valence-electron chi connectivity index (χ2n) is 8.61. The summed E-state index contributed by atoms with van der Waals surface area (Å²) in [6.07, 6.45) is 0.695. The Kier molecular flexibility index (Phi) is 6.08. The van der Waals surface area contributed by atoms with E-state index in [0.29, 0.717) is 13.0 Å². The van der Waals surface area contributed by atoms with Crippen molar-refractivity contribution in [2.24, 2.45) is 5.73 Å². The number of benzene rings is 2. The van der Waals surface area contributed by atoms with Crippen molar-refractivity contribution in [1.82, 2.24) is 14.3 Å². The number of carbonyl (C=O) groups excluding carboxylic acids is 1. The van der Waals surface area contributed by atoms with E-state index in [1.807, 2.05) is 13.0 Å². The number of nitrogens with one attached hydrogen (secondary N) is 1. The van der Waals surface area contributed by atoms with Crippen LogP contribution in [0.4, 0.5) is 14.5 Å². The SMILES string of the molecule is Cc1cc(-c2ccc3cc(Cn4cnn(CC(CN)=C(F)F)c4=O)sc3c2)cc2c1NC(=O)CC2. The molecule has 4 aromatic rings. The molecule has 0 atom stereocenters. The van der Waals surface area contributed by atoms with Crippen molar-refractivity contribution < 1.29 is 13.6 Å². The summed E-state index contributed by atoms with van der Waals surface area (Å²) in [5.74, 6) is 0.0522. The van der Waals surface area contributed by atoms with E-state index >= 15 is 0 Å². The van der Waals surface area contributed by atoms with Crippen LogP contribution in [0.5, 0.6) is 0 Å². The number of nitrogens with two attached hydrogens (primary N) is 1. The molecule has 0 fully saturated rings. The molecule has 10 heteroatoms. The molecule has 35 heavy (non-hydrogen) atoms. The molecular formula is C25H23F2N5O2S. The third kappa shape index (κ3) is 4.54. The average molecular weight is 496 g/mol. The van der Waals surface area contributed by atoms with E-state index in [4.69, 9.17) is 5.73 Å². The van der Waals surface area contributed by atoms with E-state index in [-0.39, 0.29) is 24.6 Å². The van der Waals surface area contributed by atoms with Gasteiger partial charge >= 0.3 is 5.69 Å². The minimum atomic E-state index is -1.88. The van der Waals surface area contributed by atoms with Crippen molar-refractivity contribution in [3.05, 3.63) is 80.9 Å². The van der Waals surface area contributed by atoms with Gasteiger partial charge < -0.3 is 11.1 Å². The number of amides is 1. The van der Waals surface area contributed by atoms with Crippen LogP contribution in [0.25, 0.3) is 21.2 Å². The zero-order chi connectivity index (χ0) is 24.7. The van der Waals surface area contributed by atoms with Crippen LogP contribution < -0.4 is 16.7 Å². The number of nitrogens with zero attached hydrogens (tertiary/aromatic N) is 3. The van der Waals surface area contributed by atoms with Gasteiger partial charge in [0, 0.05) is 33.8 Å². The Balaban J connectivity index is 1.41. The second-order valence-corrected chi connectivity index (χ2v) is 9.78. The third-order valence-corrected chi connectivity index (χ3v) is 7.27. The number of hydrogen-bond acceptors (Lipinski definition) is 5. The zero-order valence-electron chi connectivity index (χ0n) is 19.0. The lowest BCUT2D eigenvalue weighted by Gasteiger charge is -2.20. The number of carbonyl (C=O) groups is 1. The maximum atomic E-state index is 12.9. The summed E-state index contributed by atoms with van der Waals surface area (Å²) >= 11 is 1.57. The summed E-state index contributed by atoms with van der Waals surface area (Å²) in [6, 6.07) is 12.5. The molecule has 0 saturated carbocycles. The van der Waals surface area contributed by atoms with Crippen LogP contribution in [0, 0.1) is 6.92 Å². The summed E-state index contributed by atoms with van der Waals surface area (Å²) < 4.78 is 29.3. The number of rotatable bonds is 6. The minimum Gasteiger partial charge on any atom is -0.327 e. The average Bonchev–Trinajstić information content (AvgIpc) is 3.39. The molecule has 0 saturated heterocycles. The van der Waals surface area contributed by atoms with Gasteiger partial charge in [0.15, 0.2) is 0 Å². The molecule has 0 spiro atoms. The van der Waals surface area contributed by atoms with Gasteiger partial charge in [0.25, 0.3) is 6.08 Å². The van der Waals surface area contributed by atoms with Crippen LogP contribution in [0.3, 0.4) is 0 Å². The summed E-state index contributed by atoms with van der Waals surface area (Å²) in [7, 11) is 0. The molecule has 180 valence electrons. The van der Waals surface area contributed by atoms with Crippen LogP contribution in [0.1, 0.15) is 22.4 Å². The molecular weight excluding hydrogens is 472 g/mol. The van der Waals surface area contributed by atoms with Crippen LogP contribution in [0.2, 0.25) is 0 Å².